The summed E-state index contributed by atoms with van der Waals surface area (Å²) in [6, 6.07) is 7.32. The van der Waals surface area contributed by atoms with Gasteiger partial charge in [0.2, 0.25) is 11.9 Å². The van der Waals surface area contributed by atoms with Gasteiger partial charge in [-0.15, -0.1) is 0 Å². The first kappa shape index (κ1) is 40.8. The topological polar surface area (TPSA) is 145 Å². The van der Waals surface area contributed by atoms with E-state index in [-0.39, 0.29) is 5.82 Å². The normalized spacial score (nSPS) is 17.9. The van der Waals surface area contributed by atoms with Gasteiger partial charge in [-0.1, -0.05) is 19.1 Å². The molecule has 0 fully saturated rings. The highest BCUT2D eigenvalue weighted by atomic mass is 19.1. The second-order valence-electron chi connectivity index (χ2n) is 15.2. The molecule has 4 aliphatic heterocycles. The molecule has 4 aromatic rings. The van der Waals surface area contributed by atoms with Crippen molar-refractivity contribution in [3.05, 3.63) is 81.7 Å². The number of allylic oxidation sites excluding steroid dienone is 1. The fourth-order valence-corrected chi connectivity index (χ4v) is 7.77. The smallest absolute Gasteiger partial charge is 0.229 e. The Hall–Kier alpha value is -5.38. The van der Waals surface area contributed by atoms with Crippen molar-refractivity contribution < 1.29 is 23.4 Å². The number of halogens is 2. The lowest BCUT2D eigenvalue weighted by atomic mass is 9.95. The molecular formula is C43H54F2N10O3. The lowest BCUT2D eigenvalue weighted by molar-refractivity contribution is 0.139. The first-order chi connectivity index (χ1) is 28.0. The van der Waals surface area contributed by atoms with E-state index in [0.29, 0.717) is 96.7 Å². The van der Waals surface area contributed by atoms with Crippen molar-refractivity contribution in [2.24, 2.45) is 0 Å². The van der Waals surface area contributed by atoms with Crippen LogP contribution in [0.15, 0.2) is 36.4 Å². The van der Waals surface area contributed by atoms with Gasteiger partial charge in [-0.2, -0.15) is 9.97 Å². The van der Waals surface area contributed by atoms with Crippen molar-refractivity contribution in [2.75, 3.05) is 88.9 Å². The molecule has 6 heterocycles. The molecule has 15 heteroatoms. The SMILES string of the molecule is CCc1cc(NC)nc(Nc2cc3c(c(C4=CCN(C)CC(O)C4)c2F)OCC3)n1.CNc1cc(C)nc(Nc2cc3c(c(C4=CCN(C)CCC4)c2F)OCC3)n1. The Morgan fingerprint density at radius 1 is 0.759 bits per heavy atom. The Balaban J connectivity index is 0.000000177. The molecular weight excluding hydrogens is 743 g/mol. The van der Waals surface area contributed by atoms with E-state index in [1.807, 2.05) is 50.1 Å². The maximum absolute atomic E-state index is 15.8. The largest absolute Gasteiger partial charge is 0.492 e. The second-order valence-corrected chi connectivity index (χ2v) is 15.2. The number of anilines is 6. The molecule has 1 atom stereocenters. The van der Waals surface area contributed by atoms with Crippen LogP contribution in [0, 0.1) is 18.6 Å². The van der Waals surface area contributed by atoms with Gasteiger partial charge in [0.1, 0.15) is 23.1 Å². The van der Waals surface area contributed by atoms with Gasteiger partial charge < -0.3 is 45.6 Å². The second kappa shape index (κ2) is 18.0. The van der Waals surface area contributed by atoms with Crippen LogP contribution < -0.4 is 30.7 Å². The Bertz CT molecular complexity index is 2190. The predicted molar refractivity (Wildman–Crippen MR) is 226 cm³/mol. The highest BCUT2D eigenvalue weighted by Gasteiger charge is 2.29. The van der Waals surface area contributed by atoms with Gasteiger partial charge in [-0.25, -0.2) is 18.7 Å². The number of hydrogen-bond acceptors (Lipinski definition) is 13. The fourth-order valence-electron chi connectivity index (χ4n) is 7.77. The van der Waals surface area contributed by atoms with Crippen molar-refractivity contribution in [2.45, 2.75) is 58.5 Å². The quantitative estimate of drug-likeness (QED) is 0.122. The molecule has 308 valence electrons. The number of nitrogens with one attached hydrogen (secondary N) is 4. The summed E-state index contributed by atoms with van der Waals surface area (Å²) in [5, 5.41) is 22.5. The van der Waals surface area contributed by atoms with Crippen LogP contribution >= 0.6 is 0 Å². The number of rotatable bonds is 9. The maximum Gasteiger partial charge on any atom is 0.229 e. The fraction of sp³-hybridized carbons (Fsp3) is 0.442. The Morgan fingerprint density at radius 3 is 1.95 bits per heavy atom. The summed E-state index contributed by atoms with van der Waals surface area (Å²) in [4.78, 5) is 22.0. The molecule has 2 aromatic carbocycles. The minimum absolute atomic E-state index is 0.299. The van der Waals surface area contributed by atoms with E-state index in [1.54, 1.807) is 20.2 Å². The first-order valence-corrected chi connectivity index (χ1v) is 20.1. The number of aliphatic hydroxyl groups is 1. The number of hydrogen-bond donors (Lipinski definition) is 5. The van der Waals surface area contributed by atoms with Crippen molar-refractivity contribution >= 4 is 46.1 Å². The van der Waals surface area contributed by atoms with Crippen LogP contribution in [-0.4, -0.2) is 109 Å². The van der Waals surface area contributed by atoms with Crippen LogP contribution in [0.3, 0.4) is 0 Å². The van der Waals surface area contributed by atoms with Gasteiger partial charge in [0.15, 0.2) is 11.6 Å². The standard InChI is InChI=1S/C22H28FN5O2.C21H26FN5O/c1-4-15-11-18(24-2)27-22(25-15)26-17-10-14-6-8-30-21(14)19(20(17)23)13-5-7-28(3)12-16(29)9-13;1-13-11-17(23-2)26-21(24-13)25-16-12-15-7-10-28-20(15)18(19(16)22)14-5-4-8-27(3)9-6-14/h5,10-11,16,29H,4,6-9,12H2,1-3H3,(H2,24,25,26,27);6,11-12H,4-5,7-10H2,1-3H3,(H2,23,24,25,26). The molecule has 0 saturated heterocycles. The monoisotopic (exact) mass is 796 g/mol. The zero-order chi connectivity index (χ0) is 40.9. The average Bonchev–Trinajstić information content (AvgIpc) is 3.77. The van der Waals surface area contributed by atoms with Gasteiger partial charge in [0, 0.05) is 87.6 Å². The van der Waals surface area contributed by atoms with Crippen LogP contribution in [0.2, 0.25) is 0 Å². The zero-order valence-electron chi connectivity index (χ0n) is 34.2. The lowest BCUT2D eigenvalue weighted by Crippen LogP contribution is -2.27. The Morgan fingerprint density at radius 2 is 1.33 bits per heavy atom. The van der Waals surface area contributed by atoms with E-state index in [9.17, 15) is 5.11 Å². The molecule has 8 rings (SSSR count). The van der Waals surface area contributed by atoms with E-state index in [0.717, 1.165) is 72.4 Å². The number of likely N-dealkylation sites (N-methyl/N-ethyl adjacent to an activating group) is 2. The van der Waals surface area contributed by atoms with Gasteiger partial charge >= 0.3 is 0 Å². The zero-order valence-corrected chi connectivity index (χ0v) is 34.2. The molecule has 0 amide bonds. The van der Waals surface area contributed by atoms with Gasteiger partial charge in [-0.05, 0) is 70.1 Å². The molecule has 0 radical (unpaired) electrons. The summed E-state index contributed by atoms with van der Waals surface area (Å²) >= 11 is 0. The molecule has 13 nitrogen and oxygen atoms in total. The summed E-state index contributed by atoms with van der Waals surface area (Å²) in [6.45, 7) is 8.02. The highest BCUT2D eigenvalue weighted by molar-refractivity contribution is 5.79. The Kier molecular flexibility index (Phi) is 12.7. The van der Waals surface area contributed by atoms with E-state index in [4.69, 9.17) is 9.47 Å². The van der Waals surface area contributed by atoms with E-state index in [1.165, 1.54) is 0 Å². The third-order valence-corrected chi connectivity index (χ3v) is 10.7. The molecule has 0 aliphatic carbocycles. The van der Waals surface area contributed by atoms with E-state index < -0.39 is 11.9 Å². The number of ether oxygens (including phenoxy) is 2. The van der Waals surface area contributed by atoms with Crippen molar-refractivity contribution in [1.29, 1.82) is 0 Å². The average molecular weight is 797 g/mol. The minimum Gasteiger partial charge on any atom is -0.492 e. The molecule has 1 unspecified atom stereocenters. The van der Waals surface area contributed by atoms with Crippen molar-refractivity contribution in [3.63, 3.8) is 0 Å². The van der Waals surface area contributed by atoms with Gasteiger partial charge in [0.25, 0.3) is 0 Å². The lowest BCUT2D eigenvalue weighted by Gasteiger charge is -2.18. The summed E-state index contributed by atoms with van der Waals surface area (Å²) < 4.78 is 43.0. The summed E-state index contributed by atoms with van der Waals surface area (Å²) in [7, 11) is 7.61. The number of β-amino-alcohol motifs (C(OH)–C–C–N with tert-alkyl or cyclic N) is 1. The maximum atomic E-state index is 15.8. The third-order valence-electron chi connectivity index (χ3n) is 10.7. The van der Waals surface area contributed by atoms with Crippen LogP contribution in [0.25, 0.3) is 11.1 Å². The summed E-state index contributed by atoms with van der Waals surface area (Å²) in [5.41, 5.74) is 7.16. The highest BCUT2D eigenvalue weighted by Crippen LogP contribution is 2.43. The molecule has 2 aromatic heterocycles. The van der Waals surface area contributed by atoms with Crippen molar-refractivity contribution in [1.82, 2.24) is 29.7 Å². The van der Waals surface area contributed by atoms with Gasteiger partial charge in [-0.3, -0.25) is 0 Å². The van der Waals surface area contributed by atoms with E-state index in [2.05, 4.69) is 59.2 Å². The molecule has 0 bridgehead atoms. The number of fused-ring (bicyclic) bond motifs is 2. The predicted octanol–water partition coefficient (Wildman–Crippen LogP) is 6.73. The first-order valence-electron chi connectivity index (χ1n) is 20.1. The van der Waals surface area contributed by atoms with Gasteiger partial charge in [0.05, 0.1) is 41.8 Å². The van der Waals surface area contributed by atoms with Crippen molar-refractivity contribution in [3.8, 4) is 11.5 Å². The molecule has 5 N–H and O–H groups in total. The minimum atomic E-state index is -0.556. The summed E-state index contributed by atoms with van der Waals surface area (Å²) in [5.74, 6) is 2.66. The molecule has 0 saturated carbocycles. The van der Waals surface area contributed by atoms with Crippen LogP contribution in [0.1, 0.15) is 59.8 Å². The number of aromatic nitrogens is 4. The number of aliphatic hydroxyl groups excluding tert-OH is 1. The number of aryl methyl sites for hydroxylation is 2. The molecule has 4 aliphatic rings. The van der Waals surface area contributed by atoms with Crippen LogP contribution in [-0.2, 0) is 19.3 Å². The summed E-state index contributed by atoms with van der Waals surface area (Å²) in [6.07, 6.45) is 8.01. The molecule has 0 spiro atoms. The Labute approximate surface area is 339 Å². The van der Waals surface area contributed by atoms with E-state index >= 15 is 8.78 Å². The molecule has 58 heavy (non-hydrogen) atoms. The van der Waals surface area contributed by atoms with Crippen LogP contribution in [0.4, 0.5) is 43.7 Å². The number of nitrogens with zero attached hydrogens (tertiary/aromatic N) is 6. The number of benzene rings is 2. The van der Waals surface area contributed by atoms with Crippen LogP contribution in [0.5, 0.6) is 11.5 Å². The third kappa shape index (κ3) is 9.16.